The molecule has 1 aromatic heterocycles. The number of rotatable bonds is 6. The second kappa shape index (κ2) is 9.05. The largest absolute Gasteiger partial charge is 0.489 e. The second-order valence-corrected chi connectivity index (χ2v) is 7.66. The summed E-state index contributed by atoms with van der Waals surface area (Å²) in [5, 5.41) is 4.94. The van der Waals surface area contributed by atoms with Gasteiger partial charge in [-0.15, -0.1) is 0 Å². The molecule has 4 aromatic rings. The SMILES string of the molecule is CCc1nc2ccc(Br)cc2c(=O)n1N=Cc1ccc(OCc2ccccc2)cc1. The van der Waals surface area contributed by atoms with Gasteiger partial charge in [-0.2, -0.15) is 9.78 Å². The Hall–Kier alpha value is -3.25. The van der Waals surface area contributed by atoms with Crippen LogP contribution in [0.5, 0.6) is 5.75 Å². The zero-order valence-electron chi connectivity index (χ0n) is 16.5. The normalized spacial score (nSPS) is 11.3. The molecule has 30 heavy (non-hydrogen) atoms. The van der Waals surface area contributed by atoms with Crippen LogP contribution in [0.2, 0.25) is 0 Å². The van der Waals surface area contributed by atoms with Crippen molar-refractivity contribution >= 4 is 33.0 Å². The van der Waals surface area contributed by atoms with E-state index in [-0.39, 0.29) is 5.56 Å². The number of nitrogens with zero attached hydrogens (tertiary/aromatic N) is 3. The Morgan fingerprint density at radius 3 is 2.57 bits per heavy atom. The smallest absolute Gasteiger partial charge is 0.282 e. The van der Waals surface area contributed by atoms with Gasteiger partial charge in [-0.05, 0) is 53.6 Å². The molecule has 5 nitrogen and oxygen atoms in total. The van der Waals surface area contributed by atoms with Crippen LogP contribution in [0.25, 0.3) is 10.9 Å². The van der Waals surface area contributed by atoms with Gasteiger partial charge in [-0.3, -0.25) is 4.79 Å². The molecular weight excluding hydrogens is 442 g/mol. The number of ether oxygens (including phenoxy) is 1. The van der Waals surface area contributed by atoms with Gasteiger partial charge in [0.05, 0.1) is 17.1 Å². The maximum absolute atomic E-state index is 12.9. The summed E-state index contributed by atoms with van der Waals surface area (Å²) in [6.45, 7) is 2.47. The molecular formula is C24H20BrN3O2. The van der Waals surface area contributed by atoms with Crippen LogP contribution in [-0.4, -0.2) is 15.9 Å². The summed E-state index contributed by atoms with van der Waals surface area (Å²) >= 11 is 3.41. The maximum Gasteiger partial charge on any atom is 0.282 e. The highest BCUT2D eigenvalue weighted by Crippen LogP contribution is 2.17. The van der Waals surface area contributed by atoms with Crippen molar-refractivity contribution in [2.75, 3.05) is 0 Å². The molecule has 0 atom stereocenters. The fourth-order valence-electron chi connectivity index (χ4n) is 3.06. The minimum Gasteiger partial charge on any atom is -0.489 e. The topological polar surface area (TPSA) is 56.5 Å². The molecule has 0 aliphatic rings. The van der Waals surface area contributed by atoms with Crippen molar-refractivity contribution < 1.29 is 4.74 Å². The van der Waals surface area contributed by atoms with E-state index in [4.69, 9.17) is 4.74 Å². The van der Waals surface area contributed by atoms with E-state index >= 15 is 0 Å². The van der Waals surface area contributed by atoms with Crippen LogP contribution in [0.3, 0.4) is 0 Å². The van der Waals surface area contributed by atoms with Crippen molar-refractivity contribution in [1.29, 1.82) is 0 Å². The summed E-state index contributed by atoms with van der Waals surface area (Å²) < 4.78 is 8.01. The molecule has 0 unspecified atom stereocenters. The van der Waals surface area contributed by atoms with Gasteiger partial charge in [-0.25, -0.2) is 4.98 Å². The fourth-order valence-corrected chi connectivity index (χ4v) is 3.42. The summed E-state index contributed by atoms with van der Waals surface area (Å²) in [6, 6.07) is 23.1. The number of benzene rings is 3. The lowest BCUT2D eigenvalue weighted by atomic mass is 10.2. The molecule has 0 N–H and O–H groups in total. The third kappa shape index (κ3) is 4.49. The average molecular weight is 462 g/mol. The molecule has 0 spiro atoms. The molecule has 4 rings (SSSR count). The molecule has 0 radical (unpaired) electrons. The maximum atomic E-state index is 12.9. The first-order valence-electron chi connectivity index (χ1n) is 9.66. The van der Waals surface area contributed by atoms with E-state index in [1.54, 1.807) is 12.3 Å². The van der Waals surface area contributed by atoms with Gasteiger partial charge in [0.1, 0.15) is 18.2 Å². The summed E-state index contributed by atoms with van der Waals surface area (Å²) in [7, 11) is 0. The number of aromatic nitrogens is 2. The van der Waals surface area contributed by atoms with Gasteiger partial charge in [-0.1, -0.05) is 53.2 Å². The van der Waals surface area contributed by atoms with E-state index in [2.05, 4.69) is 26.0 Å². The van der Waals surface area contributed by atoms with Crippen molar-refractivity contribution in [3.05, 3.63) is 105 Å². The van der Waals surface area contributed by atoms with Gasteiger partial charge in [0, 0.05) is 10.9 Å². The standard InChI is InChI=1S/C24H20BrN3O2/c1-2-23-27-22-13-10-19(25)14-21(22)24(29)28(23)26-15-17-8-11-20(12-9-17)30-16-18-6-4-3-5-7-18/h3-15H,2,16H2,1H3. The highest BCUT2D eigenvalue weighted by molar-refractivity contribution is 9.10. The number of fused-ring (bicyclic) bond motifs is 1. The minimum absolute atomic E-state index is 0.183. The van der Waals surface area contributed by atoms with E-state index in [9.17, 15) is 4.79 Å². The molecule has 0 amide bonds. The van der Waals surface area contributed by atoms with Gasteiger partial charge >= 0.3 is 0 Å². The Morgan fingerprint density at radius 2 is 1.83 bits per heavy atom. The van der Waals surface area contributed by atoms with Gasteiger partial charge in [0.15, 0.2) is 0 Å². The number of hydrogen-bond acceptors (Lipinski definition) is 4. The summed E-state index contributed by atoms with van der Waals surface area (Å²) in [6.07, 6.45) is 2.26. The lowest BCUT2D eigenvalue weighted by Gasteiger charge is -2.08. The van der Waals surface area contributed by atoms with Crippen LogP contribution in [0.15, 0.2) is 87.2 Å². The van der Waals surface area contributed by atoms with Crippen LogP contribution < -0.4 is 10.3 Å². The van der Waals surface area contributed by atoms with E-state index in [1.807, 2.05) is 73.7 Å². The third-order valence-electron chi connectivity index (χ3n) is 4.64. The summed E-state index contributed by atoms with van der Waals surface area (Å²) in [4.78, 5) is 17.5. The second-order valence-electron chi connectivity index (χ2n) is 6.75. The van der Waals surface area contributed by atoms with Gasteiger partial charge < -0.3 is 4.74 Å². The average Bonchev–Trinajstić information content (AvgIpc) is 2.78. The van der Waals surface area contributed by atoms with Gasteiger partial charge in [0.25, 0.3) is 5.56 Å². The van der Waals surface area contributed by atoms with Crippen molar-refractivity contribution in [2.24, 2.45) is 5.10 Å². The Labute approximate surface area is 182 Å². The number of aryl methyl sites for hydroxylation is 1. The lowest BCUT2D eigenvalue weighted by Crippen LogP contribution is -2.22. The highest BCUT2D eigenvalue weighted by Gasteiger charge is 2.09. The first kappa shape index (κ1) is 20.0. The lowest BCUT2D eigenvalue weighted by molar-refractivity contribution is 0.306. The molecule has 150 valence electrons. The molecule has 0 saturated carbocycles. The first-order chi connectivity index (χ1) is 14.6. The van der Waals surface area contributed by atoms with Gasteiger partial charge in [0.2, 0.25) is 0 Å². The monoisotopic (exact) mass is 461 g/mol. The van der Waals surface area contributed by atoms with E-state index in [0.717, 1.165) is 21.3 Å². The van der Waals surface area contributed by atoms with Crippen LogP contribution in [0.4, 0.5) is 0 Å². The Kier molecular flexibility index (Phi) is 6.05. The number of halogens is 1. The Bertz CT molecular complexity index is 1250. The van der Waals surface area contributed by atoms with Crippen molar-refractivity contribution in [3.63, 3.8) is 0 Å². The van der Waals surface area contributed by atoms with Crippen molar-refractivity contribution in [2.45, 2.75) is 20.0 Å². The van der Waals surface area contributed by atoms with Crippen molar-refractivity contribution in [3.8, 4) is 5.75 Å². The van der Waals surface area contributed by atoms with Crippen LogP contribution in [-0.2, 0) is 13.0 Å². The predicted octanol–water partition coefficient (Wildman–Crippen LogP) is 5.18. The van der Waals surface area contributed by atoms with Crippen LogP contribution in [0, 0.1) is 0 Å². The summed E-state index contributed by atoms with van der Waals surface area (Å²) in [5.74, 6) is 1.40. The predicted molar refractivity (Wildman–Crippen MR) is 123 cm³/mol. The number of hydrogen-bond donors (Lipinski definition) is 0. The third-order valence-corrected chi connectivity index (χ3v) is 5.14. The zero-order valence-corrected chi connectivity index (χ0v) is 18.0. The Balaban J connectivity index is 1.55. The molecule has 6 heteroatoms. The zero-order chi connectivity index (χ0) is 20.9. The Morgan fingerprint density at radius 1 is 1.07 bits per heavy atom. The first-order valence-corrected chi connectivity index (χ1v) is 10.5. The molecule has 0 aliphatic heterocycles. The summed E-state index contributed by atoms with van der Waals surface area (Å²) in [5.41, 5.74) is 2.47. The minimum atomic E-state index is -0.183. The molecule has 0 saturated heterocycles. The molecule has 0 aliphatic carbocycles. The van der Waals surface area contributed by atoms with E-state index in [1.165, 1.54) is 4.68 Å². The quantitative estimate of drug-likeness (QED) is 0.371. The molecule has 3 aromatic carbocycles. The molecule has 0 bridgehead atoms. The molecule has 1 heterocycles. The van der Waals surface area contributed by atoms with E-state index in [0.29, 0.717) is 29.8 Å². The van der Waals surface area contributed by atoms with Crippen molar-refractivity contribution in [1.82, 2.24) is 9.66 Å². The van der Waals surface area contributed by atoms with E-state index < -0.39 is 0 Å². The van der Waals surface area contributed by atoms with Crippen LogP contribution >= 0.6 is 15.9 Å². The van der Waals surface area contributed by atoms with Crippen LogP contribution in [0.1, 0.15) is 23.9 Å². The fraction of sp³-hybridized carbons (Fsp3) is 0.125. The molecule has 0 fully saturated rings. The highest BCUT2D eigenvalue weighted by atomic mass is 79.9.